The number of aliphatic hydroxyl groups is 1. The normalized spacial score (nSPS) is 16.4. The van der Waals surface area contributed by atoms with E-state index in [-0.39, 0.29) is 42.5 Å². The summed E-state index contributed by atoms with van der Waals surface area (Å²) in [7, 11) is 0. The summed E-state index contributed by atoms with van der Waals surface area (Å²) in [5, 5.41) is 28.6. The Morgan fingerprint density at radius 1 is 1.27 bits per heavy atom. The van der Waals surface area contributed by atoms with Crippen molar-refractivity contribution in [1.29, 1.82) is 0 Å². The number of aliphatic hydroxyl groups excluding tert-OH is 1. The van der Waals surface area contributed by atoms with Gasteiger partial charge in [-0.25, -0.2) is 0 Å². The summed E-state index contributed by atoms with van der Waals surface area (Å²) in [5.41, 5.74) is 1.62. The van der Waals surface area contributed by atoms with E-state index in [9.17, 15) is 19.8 Å². The first kappa shape index (κ1) is 25.0. The van der Waals surface area contributed by atoms with Crippen LogP contribution in [-0.2, 0) is 4.79 Å². The Balaban J connectivity index is 1.59. The number of aromatic hydroxyl groups is 1. The number of amides is 1. The smallest absolute Gasteiger partial charge is 0.251 e. The molecule has 1 aliphatic rings. The largest absolute Gasteiger partial charge is 0.508 e. The van der Waals surface area contributed by atoms with Crippen LogP contribution in [0.15, 0.2) is 45.9 Å². The fourth-order valence-corrected chi connectivity index (χ4v) is 4.39. The van der Waals surface area contributed by atoms with E-state index in [1.807, 2.05) is 19.1 Å². The fraction of sp³-hybridized carbons (Fsp3) is 0.348. The molecule has 1 aliphatic heterocycles. The number of aliphatic imine (C=N–C) groups is 1. The molecule has 1 heterocycles. The van der Waals surface area contributed by atoms with Crippen LogP contribution in [-0.4, -0.2) is 53.6 Å². The monoisotopic (exact) mass is 536 g/mol. The molecule has 1 unspecified atom stereocenters. The van der Waals surface area contributed by atoms with E-state index >= 15 is 0 Å². The Bertz CT molecular complexity index is 1040. The van der Waals surface area contributed by atoms with Crippen LogP contribution in [0.25, 0.3) is 0 Å². The zero-order chi connectivity index (χ0) is 24.0. The van der Waals surface area contributed by atoms with Crippen molar-refractivity contribution in [2.24, 2.45) is 4.99 Å². The zero-order valence-electron chi connectivity index (χ0n) is 18.1. The molecular weight excluding hydrogens is 512 g/mol. The van der Waals surface area contributed by atoms with Gasteiger partial charge in [0.2, 0.25) is 0 Å². The number of nitrogens with zero attached hydrogens (tertiary/aromatic N) is 1. The number of β-amino-alcohol motifs (C(OH)–C–C–N with tert-alkyl or cyclic N) is 1. The molecular formula is C23H26BrClN4O4. The number of Topliss-reactive ketones (excluding diaryl/α,β-unsaturated/α-hetero) is 1. The topological polar surface area (TPSA) is 123 Å². The lowest BCUT2D eigenvalue weighted by Gasteiger charge is -2.20. The predicted octanol–water partition coefficient (Wildman–Crippen LogP) is 3.42. The summed E-state index contributed by atoms with van der Waals surface area (Å²) >= 11 is 9.56. The van der Waals surface area contributed by atoms with Crippen molar-refractivity contribution in [2.45, 2.75) is 31.8 Å². The molecule has 33 heavy (non-hydrogen) atoms. The Labute approximate surface area is 205 Å². The van der Waals surface area contributed by atoms with E-state index in [2.05, 4.69) is 36.9 Å². The van der Waals surface area contributed by atoms with Gasteiger partial charge in [0.15, 0.2) is 11.7 Å². The van der Waals surface area contributed by atoms with E-state index in [1.165, 1.54) is 12.1 Å². The molecule has 0 aliphatic carbocycles. The first-order chi connectivity index (χ1) is 15.7. The average Bonchev–Trinajstić information content (AvgIpc) is 2.76. The van der Waals surface area contributed by atoms with Crippen molar-refractivity contribution in [1.82, 2.24) is 10.6 Å². The lowest BCUT2D eigenvalue weighted by Crippen LogP contribution is -2.42. The Morgan fingerprint density at radius 2 is 2.06 bits per heavy atom. The Kier molecular flexibility index (Phi) is 8.71. The number of guanidine groups is 1. The summed E-state index contributed by atoms with van der Waals surface area (Å²) in [6.45, 7) is 2.49. The summed E-state index contributed by atoms with van der Waals surface area (Å²) in [4.78, 5) is 29.3. The molecule has 3 rings (SSSR count). The quantitative estimate of drug-likeness (QED) is 0.352. The summed E-state index contributed by atoms with van der Waals surface area (Å²) in [6.07, 6.45) is 0.475. The van der Waals surface area contributed by atoms with Crippen LogP contribution >= 0.6 is 27.5 Å². The second kappa shape index (κ2) is 11.5. The number of rotatable bonds is 8. The van der Waals surface area contributed by atoms with E-state index < -0.39 is 12.0 Å². The molecule has 2 atom stereocenters. The van der Waals surface area contributed by atoms with Crippen LogP contribution in [0.5, 0.6) is 5.75 Å². The first-order valence-corrected chi connectivity index (χ1v) is 11.7. The van der Waals surface area contributed by atoms with E-state index in [0.29, 0.717) is 23.2 Å². The minimum absolute atomic E-state index is 0.0109. The number of carbonyl (C=O) groups excluding carboxylic acids is 2. The van der Waals surface area contributed by atoms with Crippen molar-refractivity contribution in [3.05, 3.63) is 57.0 Å². The first-order valence-electron chi connectivity index (χ1n) is 10.6. The van der Waals surface area contributed by atoms with Crippen molar-refractivity contribution in [2.75, 3.05) is 25.0 Å². The van der Waals surface area contributed by atoms with E-state index in [4.69, 9.17) is 11.6 Å². The molecule has 5 N–H and O–H groups in total. The minimum atomic E-state index is -0.550. The number of nitrogens with one attached hydrogen (secondary N) is 3. The fourth-order valence-electron chi connectivity index (χ4n) is 3.50. The zero-order valence-corrected chi connectivity index (χ0v) is 20.4. The highest BCUT2D eigenvalue weighted by atomic mass is 79.9. The third-order valence-corrected chi connectivity index (χ3v) is 5.85. The third-order valence-electron chi connectivity index (χ3n) is 5.18. The van der Waals surface area contributed by atoms with Crippen molar-refractivity contribution in [3.63, 3.8) is 0 Å². The number of ketones is 1. The molecule has 10 heteroatoms. The number of carbonyl (C=O) groups is 2. The molecule has 8 nitrogen and oxygen atoms in total. The summed E-state index contributed by atoms with van der Waals surface area (Å²) in [6, 6.07) is 9.90. The molecule has 0 spiro atoms. The molecule has 0 bridgehead atoms. The van der Waals surface area contributed by atoms with Crippen LogP contribution in [0.3, 0.4) is 0 Å². The van der Waals surface area contributed by atoms with Gasteiger partial charge in [0.05, 0.1) is 19.2 Å². The molecule has 0 aromatic heterocycles. The van der Waals surface area contributed by atoms with Crippen molar-refractivity contribution < 1.29 is 19.8 Å². The molecule has 0 saturated carbocycles. The van der Waals surface area contributed by atoms with Gasteiger partial charge in [0, 0.05) is 39.8 Å². The van der Waals surface area contributed by atoms with Crippen LogP contribution in [0.4, 0.5) is 5.69 Å². The number of hydrogen-bond donors (Lipinski definition) is 5. The highest BCUT2D eigenvalue weighted by Crippen LogP contribution is 2.29. The minimum Gasteiger partial charge on any atom is -0.508 e. The Morgan fingerprint density at radius 3 is 2.73 bits per heavy atom. The predicted molar refractivity (Wildman–Crippen MR) is 132 cm³/mol. The van der Waals surface area contributed by atoms with Gasteiger partial charge in [-0.15, -0.1) is 0 Å². The van der Waals surface area contributed by atoms with Gasteiger partial charge in [0.1, 0.15) is 5.75 Å². The van der Waals surface area contributed by atoms with Gasteiger partial charge < -0.3 is 26.2 Å². The lowest BCUT2D eigenvalue weighted by atomic mass is 9.91. The SMILES string of the molecule is CC[C@H](CC(=O)CNC(=O)c1cc(O)cc(NC2=NCC(O)CN2)c1)c1cc(Cl)cc(Br)c1. The van der Waals surface area contributed by atoms with Gasteiger partial charge >= 0.3 is 0 Å². The van der Waals surface area contributed by atoms with Gasteiger partial charge in [-0.05, 0) is 48.2 Å². The van der Waals surface area contributed by atoms with Gasteiger partial charge in [-0.3, -0.25) is 14.6 Å². The molecule has 176 valence electrons. The average molecular weight is 538 g/mol. The van der Waals surface area contributed by atoms with E-state index in [1.54, 1.807) is 12.1 Å². The third kappa shape index (κ3) is 7.45. The maximum atomic E-state index is 12.6. The molecule has 2 aromatic carbocycles. The van der Waals surface area contributed by atoms with Crippen molar-refractivity contribution >= 4 is 50.9 Å². The molecule has 1 amide bonds. The Hall–Kier alpha value is -2.62. The number of phenols is 1. The molecule has 2 aromatic rings. The highest BCUT2D eigenvalue weighted by Gasteiger charge is 2.18. The van der Waals surface area contributed by atoms with Crippen LogP contribution in [0.1, 0.15) is 41.6 Å². The van der Waals surface area contributed by atoms with Gasteiger partial charge in [-0.2, -0.15) is 0 Å². The number of phenolic OH excluding ortho intramolecular Hbond substituents is 1. The number of anilines is 1. The van der Waals surface area contributed by atoms with Crippen LogP contribution in [0, 0.1) is 0 Å². The molecule has 0 radical (unpaired) electrons. The summed E-state index contributed by atoms with van der Waals surface area (Å²) in [5.74, 6) is -0.265. The second-order valence-corrected chi connectivity index (χ2v) is 9.20. The van der Waals surface area contributed by atoms with Gasteiger partial charge in [0.25, 0.3) is 5.91 Å². The van der Waals surface area contributed by atoms with Crippen molar-refractivity contribution in [3.8, 4) is 5.75 Å². The highest BCUT2D eigenvalue weighted by molar-refractivity contribution is 9.10. The number of halogens is 2. The van der Waals surface area contributed by atoms with Crippen LogP contribution in [0.2, 0.25) is 5.02 Å². The summed E-state index contributed by atoms with van der Waals surface area (Å²) < 4.78 is 0.850. The van der Waals surface area contributed by atoms with E-state index in [0.717, 1.165) is 16.5 Å². The number of hydrogen-bond acceptors (Lipinski definition) is 7. The molecule has 0 fully saturated rings. The van der Waals surface area contributed by atoms with Gasteiger partial charge in [-0.1, -0.05) is 34.5 Å². The second-order valence-electron chi connectivity index (χ2n) is 7.85. The molecule has 0 saturated heterocycles. The lowest BCUT2D eigenvalue weighted by molar-refractivity contribution is -0.118. The van der Waals surface area contributed by atoms with Crippen LogP contribution < -0.4 is 16.0 Å². The maximum absolute atomic E-state index is 12.6. The standard InChI is InChI=1S/C23H26BrClN4O4/c1-2-13(14-3-16(24)8-17(25)4-14)6-20(31)10-26-22(33)15-5-18(9-19(30)7-15)29-23-27-11-21(32)12-28-23/h3-5,7-9,13,21,30,32H,2,6,10-12H2,1H3,(H,26,33)(H2,27,28,29)/t13-/m1/s1. The maximum Gasteiger partial charge on any atom is 0.251 e. The number of benzene rings is 2.